The van der Waals surface area contributed by atoms with Crippen molar-refractivity contribution in [3.63, 3.8) is 0 Å². The number of aryl methyl sites for hydroxylation is 1. The fraction of sp³-hybridized carbons (Fsp3) is 0.105. The van der Waals surface area contributed by atoms with E-state index in [0.717, 1.165) is 12.1 Å². The highest BCUT2D eigenvalue weighted by Gasteiger charge is 2.08. The lowest BCUT2D eigenvalue weighted by Gasteiger charge is -2.11. The van der Waals surface area contributed by atoms with Gasteiger partial charge in [-0.05, 0) is 50.2 Å². The van der Waals surface area contributed by atoms with Crippen molar-refractivity contribution >= 4 is 28.9 Å². The number of rotatable bonds is 5. The minimum absolute atomic E-state index is 0.0174. The first-order valence-electron chi connectivity index (χ1n) is 7.86. The van der Waals surface area contributed by atoms with Crippen LogP contribution in [0.4, 0.5) is 31.9 Å². The largest absolute Gasteiger partial charge is 0.338 e. The minimum Gasteiger partial charge on any atom is -0.338 e. The van der Waals surface area contributed by atoms with Gasteiger partial charge in [-0.1, -0.05) is 0 Å². The van der Waals surface area contributed by atoms with E-state index in [9.17, 15) is 13.6 Å². The van der Waals surface area contributed by atoms with Gasteiger partial charge in [-0.25, -0.2) is 13.8 Å². The van der Waals surface area contributed by atoms with E-state index >= 15 is 0 Å². The fourth-order valence-electron chi connectivity index (χ4n) is 2.33. The molecule has 0 saturated carbocycles. The summed E-state index contributed by atoms with van der Waals surface area (Å²) in [5.41, 5.74) is 2.09. The van der Waals surface area contributed by atoms with Gasteiger partial charge in [0.05, 0.1) is 5.69 Å². The van der Waals surface area contributed by atoms with E-state index in [1.807, 2.05) is 0 Å². The van der Waals surface area contributed by atoms with Crippen LogP contribution in [0.15, 0.2) is 48.5 Å². The minimum atomic E-state index is -0.712. The number of carbonyl (C=O) groups is 1. The van der Waals surface area contributed by atoms with Crippen molar-refractivity contribution in [2.75, 3.05) is 10.6 Å². The fourth-order valence-corrected chi connectivity index (χ4v) is 2.33. The van der Waals surface area contributed by atoms with Gasteiger partial charge < -0.3 is 10.6 Å². The number of Topliss-reactive ketones (excluding diaryl/α,β-unsaturated/α-hetero) is 1. The molecule has 5 nitrogen and oxygen atoms in total. The van der Waals surface area contributed by atoms with Crippen LogP contribution in [0, 0.1) is 18.6 Å². The number of anilines is 4. The van der Waals surface area contributed by atoms with E-state index in [4.69, 9.17) is 0 Å². The number of carbonyl (C=O) groups excluding carboxylic acids is 1. The van der Waals surface area contributed by atoms with Crippen molar-refractivity contribution in [1.29, 1.82) is 0 Å². The van der Waals surface area contributed by atoms with E-state index in [2.05, 4.69) is 20.6 Å². The summed E-state index contributed by atoms with van der Waals surface area (Å²) in [7, 11) is 0. The molecule has 1 heterocycles. The van der Waals surface area contributed by atoms with Gasteiger partial charge >= 0.3 is 0 Å². The summed E-state index contributed by atoms with van der Waals surface area (Å²) in [5, 5.41) is 5.85. The standard InChI is InChI=1S/C19H16F2N4O/c1-11-9-18(24-17-8-5-14(20)10-16(17)21)25-19(22-11)23-15-6-3-13(4-7-15)12(2)26/h3-10H,1-2H3,(H2,22,23,24,25). The molecule has 0 aliphatic rings. The Balaban J connectivity index is 1.82. The molecule has 7 heteroatoms. The molecule has 2 N–H and O–H groups in total. The lowest BCUT2D eigenvalue weighted by Crippen LogP contribution is -2.03. The topological polar surface area (TPSA) is 66.9 Å². The number of aromatic nitrogens is 2. The maximum Gasteiger partial charge on any atom is 0.229 e. The predicted octanol–water partition coefficient (Wildman–Crippen LogP) is 4.75. The van der Waals surface area contributed by atoms with Gasteiger partial charge in [-0.15, -0.1) is 0 Å². The number of halogens is 2. The molecule has 0 atom stereocenters. The average molecular weight is 354 g/mol. The number of benzene rings is 2. The van der Waals surface area contributed by atoms with Crippen molar-refractivity contribution in [1.82, 2.24) is 9.97 Å². The van der Waals surface area contributed by atoms with Crippen LogP contribution in [-0.2, 0) is 0 Å². The summed E-state index contributed by atoms with van der Waals surface area (Å²) in [5.74, 6) is -0.702. The highest BCUT2D eigenvalue weighted by molar-refractivity contribution is 5.94. The molecule has 0 radical (unpaired) electrons. The summed E-state index contributed by atoms with van der Waals surface area (Å²) in [6.45, 7) is 3.27. The monoisotopic (exact) mass is 354 g/mol. The Morgan fingerprint density at radius 3 is 2.35 bits per heavy atom. The van der Waals surface area contributed by atoms with Crippen LogP contribution in [-0.4, -0.2) is 15.8 Å². The first-order chi connectivity index (χ1) is 12.4. The third-order valence-corrected chi connectivity index (χ3v) is 3.60. The van der Waals surface area contributed by atoms with Crippen molar-refractivity contribution in [2.45, 2.75) is 13.8 Å². The Morgan fingerprint density at radius 1 is 0.962 bits per heavy atom. The van der Waals surface area contributed by atoms with Crippen LogP contribution < -0.4 is 10.6 Å². The summed E-state index contributed by atoms with van der Waals surface area (Å²) in [6, 6.07) is 11.8. The van der Waals surface area contributed by atoms with Crippen LogP contribution in [0.5, 0.6) is 0 Å². The zero-order chi connectivity index (χ0) is 18.7. The molecule has 0 spiro atoms. The molecular weight excluding hydrogens is 338 g/mol. The van der Waals surface area contributed by atoms with Gasteiger partial charge in [0.25, 0.3) is 0 Å². The van der Waals surface area contributed by atoms with E-state index in [-0.39, 0.29) is 11.5 Å². The smallest absolute Gasteiger partial charge is 0.229 e. The number of hydrogen-bond acceptors (Lipinski definition) is 5. The quantitative estimate of drug-likeness (QED) is 0.647. The third-order valence-electron chi connectivity index (χ3n) is 3.60. The molecule has 0 bridgehead atoms. The van der Waals surface area contributed by atoms with Crippen molar-refractivity contribution in [3.05, 3.63) is 71.4 Å². The second-order valence-electron chi connectivity index (χ2n) is 5.73. The zero-order valence-electron chi connectivity index (χ0n) is 14.2. The van der Waals surface area contributed by atoms with Crippen molar-refractivity contribution < 1.29 is 13.6 Å². The predicted molar refractivity (Wildman–Crippen MR) is 96.1 cm³/mol. The lowest BCUT2D eigenvalue weighted by molar-refractivity contribution is 0.101. The molecule has 26 heavy (non-hydrogen) atoms. The molecule has 3 rings (SSSR count). The van der Waals surface area contributed by atoms with Crippen LogP contribution in [0.2, 0.25) is 0 Å². The molecule has 132 valence electrons. The second-order valence-corrected chi connectivity index (χ2v) is 5.73. The third kappa shape index (κ3) is 4.18. The Hall–Kier alpha value is -3.35. The van der Waals surface area contributed by atoms with E-state index in [0.29, 0.717) is 28.7 Å². The molecule has 0 saturated heterocycles. The van der Waals surface area contributed by atoms with Gasteiger partial charge in [0.2, 0.25) is 5.95 Å². The highest BCUT2D eigenvalue weighted by Crippen LogP contribution is 2.22. The van der Waals surface area contributed by atoms with Crippen LogP contribution >= 0.6 is 0 Å². The van der Waals surface area contributed by atoms with Gasteiger partial charge in [-0.3, -0.25) is 4.79 Å². The Kier molecular flexibility index (Phi) is 4.88. The number of hydrogen-bond donors (Lipinski definition) is 2. The molecular formula is C19H16F2N4O. The van der Waals surface area contributed by atoms with E-state index < -0.39 is 11.6 Å². The molecule has 0 aliphatic carbocycles. The summed E-state index contributed by atoms with van der Waals surface area (Å²) in [6.07, 6.45) is 0. The van der Waals surface area contributed by atoms with Crippen molar-refractivity contribution in [2.24, 2.45) is 0 Å². The lowest BCUT2D eigenvalue weighted by atomic mass is 10.1. The Bertz CT molecular complexity index is 958. The summed E-state index contributed by atoms with van der Waals surface area (Å²) in [4.78, 5) is 19.9. The van der Waals surface area contributed by atoms with Crippen LogP contribution in [0.1, 0.15) is 23.0 Å². The molecule has 1 aromatic heterocycles. The summed E-state index contributed by atoms with van der Waals surface area (Å²) < 4.78 is 26.8. The normalized spacial score (nSPS) is 10.5. The van der Waals surface area contributed by atoms with Gasteiger partial charge in [-0.2, -0.15) is 4.98 Å². The molecule has 0 unspecified atom stereocenters. The van der Waals surface area contributed by atoms with Crippen LogP contribution in [0.3, 0.4) is 0 Å². The van der Waals surface area contributed by atoms with E-state index in [1.165, 1.54) is 13.0 Å². The Labute approximate surface area is 149 Å². The SMILES string of the molecule is CC(=O)c1ccc(Nc2nc(C)cc(Nc3ccc(F)cc3F)n2)cc1. The first-order valence-corrected chi connectivity index (χ1v) is 7.86. The summed E-state index contributed by atoms with van der Waals surface area (Å²) >= 11 is 0. The average Bonchev–Trinajstić information content (AvgIpc) is 2.57. The van der Waals surface area contributed by atoms with Gasteiger partial charge in [0.1, 0.15) is 17.5 Å². The molecule has 0 amide bonds. The molecule has 2 aromatic carbocycles. The highest BCUT2D eigenvalue weighted by atomic mass is 19.1. The number of nitrogens with zero attached hydrogens (tertiary/aromatic N) is 2. The van der Waals surface area contributed by atoms with Gasteiger partial charge in [0.15, 0.2) is 5.78 Å². The number of nitrogens with one attached hydrogen (secondary N) is 2. The van der Waals surface area contributed by atoms with E-state index in [1.54, 1.807) is 37.3 Å². The van der Waals surface area contributed by atoms with Crippen molar-refractivity contribution in [3.8, 4) is 0 Å². The Morgan fingerprint density at radius 2 is 1.69 bits per heavy atom. The molecule has 3 aromatic rings. The first kappa shape index (κ1) is 17.5. The van der Waals surface area contributed by atoms with Gasteiger partial charge in [0, 0.05) is 29.1 Å². The number of ketones is 1. The molecule has 0 aliphatic heterocycles. The maximum atomic E-state index is 13.8. The maximum absolute atomic E-state index is 13.8. The van der Waals surface area contributed by atoms with Crippen LogP contribution in [0.25, 0.3) is 0 Å². The molecule has 0 fully saturated rings. The zero-order valence-corrected chi connectivity index (χ0v) is 14.2. The second kappa shape index (κ2) is 7.26.